The Bertz CT molecular complexity index is 1430. The molecule has 0 aliphatic heterocycles. The number of carboxylic acids is 4. The molecule has 1 rings (SSSR count). The molecular weight excluding hydrogens is 764 g/mol. The van der Waals surface area contributed by atoms with Gasteiger partial charge in [-0.25, -0.2) is 0 Å². The first-order valence-corrected chi connectivity index (χ1v) is 16.6. The number of nitrogens with two attached hydrogens (primary N) is 2. The van der Waals surface area contributed by atoms with Crippen LogP contribution in [-0.4, -0.2) is 127 Å². The summed E-state index contributed by atoms with van der Waals surface area (Å²) in [6.07, 6.45) is -1.34. The van der Waals surface area contributed by atoms with Crippen LogP contribution in [0.1, 0.15) is 25.7 Å². The van der Waals surface area contributed by atoms with Crippen molar-refractivity contribution in [3.8, 4) is 11.5 Å². The highest BCUT2D eigenvalue weighted by Crippen LogP contribution is 2.46. The van der Waals surface area contributed by atoms with Crippen LogP contribution in [0.25, 0.3) is 0 Å². The second-order valence-electron chi connectivity index (χ2n) is 9.94. The summed E-state index contributed by atoms with van der Waals surface area (Å²) >= 11 is 4.58. The molecule has 0 saturated carbocycles. The maximum atomic E-state index is 12.7. The number of aromatic hydroxyl groups is 2. The Morgan fingerprint density at radius 3 is 1.51 bits per heavy atom. The lowest BCUT2D eigenvalue weighted by Crippen LogP contribution is -2.49. The van der Waals surface area contributed by atoms with E-state index in [1.54, 1.807) is 0 Å². The molecule has 272 valence electrons. The Kier molecular flexibility index (Phi) is 18.2. The quantitative estimate of drug-likeness (QED) is 0.0437. The van der Waals surface area contributed by atoms with Crippen molar-refractivity contribution < 1.29 is 69.0 Å². The number of rotatable bonds is 22. The van der Waals surface area contributed by atoms with Crippen LogP contribution in [0.4, 0.5) is 0 Å². The number of carbonyl (C=O) groups excluding carboxylic acids is 4. The van der Waals surface area contributed by atoms with Crippen LogP contribution >= 0.6 is 39.5 Å². The largest absolute Gasteiger partial charge is 0.507 e. The van der Waals surface area contributed by atoms with E-state index >= 15 is 0 Å². The maximum absolute atomic E-state index is 12.7. The minimum absolute atomic E-state index is 0.0541. The van der Waals surface area contributed by atoms with Crippen LogP contribution in [0.3, 0.4) is 0 Å². The molecule has 14 N–H and O–H groups in total. The van der Waals surface area contributed by atoms with E-state index in [1.807, 2.05) is 0 Å². The number of hydrogen-bond donors (Lipinski definition) is 12. The summed E-state index contributed by atoms with van der Waals surface area (Å²) in [4.78, 5) is 93.9. The number of benzene rings is 1. The minimum Gasteiger partial charge on any atom is -0.507 e. The average Bonchev–Trinajstić information content (AvgIpc) is 3.03. The van der Waals surface area contributed by atoms with Gasteiger partial charge in [0.05, 0.1) is 14.3 Å². The summed E-state index contributed by atoms with van der Waals surface area (Å²) in [5.41, 5.74) is 10.8. The summed E-state index contributed by atoms with van der Waals surface area (Å²) in [5.74, 6) is -10.5. The van der Waals surface area contributed by atoms with E-state index in [4.69, 9.17) is 31.9 Å². The number of nitrogens with one attached hydrogen (secondary N) is 4. The van der Waals surface area contributed by atoms with Crippen molar-refractivity contribution in [1.29, 1.82) is 0 Å². The van der Waals surface area contributed by atoms with Crippen molar-refractivity contribution in [3.63, 3.8) is 0 Å². The first-order valence-electron chi connectivity index (χ1n) is 13.9. The van der Waals surface area contributed by atoms with Crippen molar-refractivity contribution in [2.24, 2.45) is 11.5 Å². The third kappa shape index (κ3) is 15.6. The van der Waals surface area contributed by atoms with Gasteiger partial charge in [0.2, 0.25) is 23.6 Å². The number of carboxylic acid groups (broad SMARTS) is 4. The Balaban J connectivity index is 3.21. The zero-order valence-corrected chi connectivity index (χ0v) is 28.6. The van der Waals surface area contributed by atoms with Crippen LogP contribution in [0.15, 0.2) is 20.3 Å². The number of phenols is 2. The summed E-state index contributed by atoms with van der Waals surface area (Å²) < 4.78 is -0.0541. The van der Waals surface area contributed by atoms with Crippen LogP contribution in [0.5, 0.6) is 11.5 Å². The molecule has 0 aliphatic carbocycles. The zero-order valence-electron chi connectivity index (χ0n) is 25.3. The molecule has 0 bridgehead atoms. The van der Waals surface area contributed by atoms with Crippen molar-refractivity contribution in [3.05, 3.63) is 10.5 Å². The number of aliphatic carboxylic acids is 4. The van der Waals surface area contributed by atoms with Gasteiger partial charge in [-0.05, 0) is 34.8 Å². The minimum atomic E-state index is -1.42. The Labute approximate surface area is 294 Å². The van der Waals surface area contributed by atoms with Gasteiger partial charge in [0, 0.05) is 24.3 Å². The highest BCUT2D eigenvalue weighted by atomic mass is 79.9. The molecule has 4 amide bonds. The van der Waals surface area contributed by atoms with Crippen LogP contribution in [0, 0.1) is 0 Å². The third-order valence-corrected chi connectivity index (χ3v) is 9.44. The molecule has 20 nitrogen and oxygen atoms in total. The SMILES string of the molecule is N[C@@H](CCC(=O)N[C@@H](CSc1cc(O)c(Br)c(SC[C@H](NC(=O)CC[C@H](N)C(=O)O)C(=O)NCC(=O)O)c1O)C(=O)NCC(=O)O)C(=O)O. The fourth-order valence-corrected chi connectivity index (χ4v) is 6.23. The van der Waals surface area contributed by atoms with Gasteiger partial charge in [0.15, 0.2) is 0 Å². The van der Waals surface area contributed by atoms with Crippen molar-refractivity contribution in [2.45, 2.75) is 59.6 Å². The molecule has 49 heavy (non-hydrogen) atoms. The zero-order chi connectivity index (χ0) is 37.4. The summed E-state index contributed by atoms with van der Waals surface area (Å²) in [6.45, 7) is -1.60. The Morgan fingerprint density at radius 1 is 0.714 bits per heavy atom. The number of hydrogen-bond acceptors (Lipinski definition) is 14. The number of halogens is 1. The highest BCUT2D eigenvalue weighted by molar-refractivity contribution is 9.10. The Hall–Kier alpha value is -4.32. The Morgan fingerprint density at radius 2 is 1.12 bits per heavy atom. The van der Waals surface area contributed by atoms with Crippen LogP contribution in [-0.2, 0) is 38.4 Å². The van der Waals surface area contributed by atoms with Crippen molar-refractivity contribution >= 4 is 87.0 Å². The molecule has 4 atom stereocenters. The lowest BCUT2D eigenvalue weighted by molar-refractivity contribution is -0.140. The van der Waals surface area contributed by atoms with Gasteiger partial charge >= 0.3 is 23.9 Å². The van der Waals surface area contributed by atoms with Gasteiger partial charge in [0.25, 0.3) is 0 Å². The second kappa shape index (κ2) is 20.9. The highest BCUT2D eigenvalue weighted by Gasteiger charge is 2.27. The van der Waals surface area contributed by atoms with Crippen molar-refractivity contribution in [1.82, 2.24) is 21.3 Å². The maximum Gasteiger partial charge on any atom is 0.322 e. The normalized spacial score (nSPS) is 13.2. The van der Waals surface area contributed by atoms with E-state index in [1.165, 1.54) is 0 Å². The van der Waals surface area contributed by atoms with Gasteiger partial charge in [-0.2, -0.15) is 0 Å². The summed E-state index contributed by atoms with van der Waals surface area (Å²) in [5, 5.41) is 66.1. The smallest absolute Gasteiger partial charge is 0.322 e. The topological polar surface area (TPSA) is 358 Å². The van der Waals surface area contributed by atoms with Gasteiger partial charge < -0.3 is 63.4 Å². The van der Waals surface area contributed by atoms with Crippen LogP contribution < -0.4 is 32.7 Å². The molecule has 0 heterocycles. The molecule has 0 spiro atoms. The van der Waals surface area contributed by atoms with E-state index in [9.17, 15) is 48.6 Å². The fourth-order valence-electron chi connectivity index (χ4n) is 3.46. The molecule has 0 unspecified atom stereocenters. The molecule has 23 heteroatoms. The first kappa shape index (κ1) is 42.7. The predicted molar refractivity (Wildman–Crippen MR) is 174 cm³/mol. The standard InChI is InChI=1S/C26H35BrN6O14S2/c27-20-14(34)5-15(48-8-12(23(42)30-6-18(37)38)32-16(35)3-1-10(28)25(44)45)21(41)22(20)49-9-13(24(43)31-7-19(39)40)33-17(36)4-2-11(29)26(46)47/h5,10-13,34,41H,1-4,6-9,28-29H2,(H,30,42)(H,31,43)(H,32,35)(H,33,36)(H,37,38)(H,39,40)(H,44,45)(H,46,47)/t10-,11-,12-,13-/m0/s1. The average molecular weight is 800 g/mol. The van der Waals surface area contributed by atoms with E-state index in [2.05, 4.69) is 37.2 Å². The molecule has 0 fully saturated rings. The van der Waals surface area contributed by atoms with E-state index < -0.39 is 109 Å². The van der Waals surface area contributed by atoms with E-state index in [-0.39, 0.29) is 38.6 Å². The molecule has 0 radical (unpaired) electrons. The van der Waals surface area contributed by atoms with Gasteiger partial charge in [0.1, 0.15) is 48.8 Å². The fraction of sp³-hybridized carbons (Fsp3) is 0.462. The van der Waals surface area contributed by atoms with Crippen molar-refractivity contribution in [2.75, 3.05) is 24.6 Å². The molecule has 0 aliphatic rings. The molecule has 1 aromatic rings. The summed E-state index contributed by atoms with van der Waals surface area (Å²) in [7, 11) is 0. The second-order valence-corrected chi connectivity index (χ2v) is 12.8. The molecular formula is C26H35BrN6O14S2. The number of amides is 4. The van der Waals surface area contributed by atoms with Gasteiger partial charge in [-0.1, -0.05) is 0 Å². The lowest BCUT2D eigenvalue weighted by atomic mass is 10.1. The van der Waals surface area contributed by atoms with Crippen LogP contribution in [0.2, 0.25) is 0 Å². The molecule has 0 aromatic heterocycles. The van der Waals surface area contributed by atoms with E-state index in [0.717, 1.165) is 29.6 Å². The molecule has 1 aromatic carbocycles. The first-order chi connectivity index (χ1) is 22.8. The number of thioether (sulfide) groups is 2. The monoisotopic (exact) mass is 798 g/mol. The number of phenolic OH excluding ortho intramolecular Hbond substituents is 2. The lowest BCUT2D eigenvalue weighted by Gasteiger charge is -2.20. The van der Waals surface area contributed by atoms with E-state index in [0.29, 0.717) is 0 Å². The van der Waals surface area contributed by atoms with Gasteiger partial charge in [-0.3, -0.25) is 38.4 Å². The van der Waals surface area contributed by atoms with Gasteiger partial charge in [-0.15, -0.1) is 23.5 Å². The molecule has 0 saturated heterocycles. The third-order valence-electron chi connectivity index (χ3n) is 6.07. The predicted octanol–water partition coefficient (Wildman–Crippen LogP) is -2.20. The number of carbonyl (C=O) groups is 8. The summed E-state index contributed by atoms with van der Waals surface area (Å²) in [6, 6.07) is -4.45.